The summed E-state index contributed by atoms with van der Waals surface area (Å²) in [5.41, 5.74) is 2.53. The van der Waals surface area contributed by atoms with Gasteiger partial charge in [-0.15, -0.1) is 0 Å². The molecule has 2 rings (SSSR count). The van der Waals surface area contributed by atoms with Crippen LogP contribution in [0.2, 0.25) is 0 Å². The van der Waals surface area contributed by atoms with Crippen molar-refractivity contribution in [2.45, 2.75) is 19.8 Å². The zero-order chi connectivity index (χ0) is 14.5. The average Bonchev–Trinajstić information content (AvgIpc) is 2.79. The minimum absolute atomic E-state index is 0.248. The lowest BCUT2D eigenvalue weighted by molar-refractivity contribution is -0.128. The summed E-state index contributed by atoms with van der Waals surface area (Å²) in [6, 6.07) is 6.15. The molecule has 1 atom stereocenters. The van der Waals surface area contributed by atoms with Gasteiger partial charge >= 0.3 is 0 Å². The molecule has 1 saturated heterocycles. The second kappa shape index (κ2) is 6.75. The highest BCUT2D eigenvalue weighted by atomic mass is 16.5. The van der Waals surface area contributed by atoms with Gasteiger partial charge in [0.05, 0.1) is 13.7 Å². The van der Waals surface area contributed by atoms with Gasteiger partial charge in [0.1, 0.15) is 5.75 Å². The summed E-state index contributed by atoms with van der Waals surface area (Å²) >= 11 is 0. The molecular formula is C16H23NO3. The summed E-state index contributed by atoms with van der Waals surface area (Å²) in [6.07, 6.45) is 1.60. The molecule has 1 aliphatic heterocycles. The number of hydrogen-bond donors (Lipinski definition) is 0. The van der Waals surface area contributed by atoms with Crippen molar-refractivity contribution in [1.29, 1.82) is 0 Å². The van der Waals surface area contributed by atoms with Crippen LogP contribution >= 0.6 is 0 Å². The van der Waals surface area contributed by atoms with Gasteiger partial charge in [-0.3, -0.25) is 4.79 Å². The number of benzene rings is 1. The molecule has 1 amide bonds. The van der Waals surface area contributed by atoms with E-state index in [2.05, 4.69) is 19.1 Å². The quantitative estimate of drug-likeness (QED) is 0.798. The van der Waals surface area contributed by atoms with Crippen LogP contribution in [0.1, 0.15) is 17.5 Å². The first-order valence-electron chi connectivity index (χ1n) is 7.04. The third kappa shape index (κ3) is 3.51. The number of hydrogen-bond acceptors (Lipinski definition) is 3. The van der Waals surface area contributed by atoms with E-state index in [1.165, 1.54) is 11.1 Å². The number of likely N-dealkylation sites (tertiary alicyclic amines) is 1. The zero-order valence-corrected chi connectivity index (χ0v) is 12.5. The average molecular weight is 277 g/mol. The number of ether oxygens (including phenoxy) is 2. The van der Waals surface area contributed by atoms with Crippen LogP contribution in [0.25, 0.3) is 0 Å². The molecule has 0 aliphatic carbocycles. The number of methoxy groups -OCH3 is 2. The monoisotopic (exact) mass is 277 g/mol. The highest BCUT2D eigenvalue weighted by molar-refractivity contribution is 5.78. The largest absolute Gasteiger partial charge is 0.497 e. The molecule has 0 aromatic heterocycles. The van der Waals surface area contributed by atoms with Crippen LogP contribution < -0.4 is 4.74 Å². The minimum atomic E-state index is 0.248. The molecule has 0 N–H and O–H groups in total. The zero-order valence-electron chi connectivity index (χ0n) is 12.5. The molecule has 1 heterocycles. The van der Waals surface area contributed by atoms with E-state index in [0.717, 1.165) is 18.7 Å². The Bertz CT molecular complexity index is 473. The van der Waals surface area contributed by atoms with Gasteiger partial charge in [-0.2, -0.15) is 0 Å². The Labute approximate surface area is 120 Å². The highest BCUT2D eigenvalue weighted by Crippen LogP contribution is 2.25. The molecule has 1 aliphatic rings. The Hall–Kier alpha value is -1.55. The maximum absolute atomic E-state index is 11.9. The summed E-state index contributed by atoms with van der Waals surface area (Å²) in [7, 11) is 3.34. The molecule has 1 aromatic rings. The second-order valence-corrected chi connectivity index (χ2v) is 5.40. The topological polar surface area (TPSA) is 38.8 Å². The number of carbonyl (C=O) groups is 1. The van der Waals surface area contributed by atoms with Crippen molar-refractivity contribution in [1.82, 2.24) is 4.90 Å². The highest BCUT2D eigenvalue weighted by Gasteiger charge is 2.29. The fourth-order valence-electron chi connectivity index (χ4n) is 2.74. The van der Waals surface area contributed by atoms with Crippen molar-refractivity contribution in [2.24, 2.45) is 5.92 Å². The van der Waals surface area contributed by atoms with Gasteiger partial charge in [0, 0.05) is 26.6 Å². The number of aryl methyl sites for hydroxylation is 1. The Morgan fingerprint density at radius 2 is 2.15 bits per heavy atom. The van der Waals surface area contributed by atoms with Crippen LogP contribution in [0, 0.1) is 12.8 Å². The minimum Gasteiger partial charge on any atom is -0.497 e. The number of amides is 1. The number of rotatable bonds is 6. The van der Waals surface area contributed by atoms with Gasteiger partial charge in [0.25, 0.3) is 0 Å². The lowest BCUT2D eigenvalue weighted by atomic mass is 9.95. The summed E-state index contributed by atoms with van der Waals surface area (Å²) in [6.45, 7) is 4.25. The van der Waals surface area contributed by atoms with Gasteiger partial charge in [-0.05, 0) is 42.5 Å². The summed E-state index contributed by atoms with van der Waals surface area (Å²) in [5, 5.41) is 0. The van der Waals surface area contributed by atoms with Crippen molar-refractivity contribution in [3.05, 3.63) is 29.3 Å². The Kier molecular flexibility index (Phi) is 5.01. The molecule has 0 radical (unpaired) electrons. The smallest absolute Gasteiger partial charge is 0.223 e. The van der Waals surface area contributed by atoms with Crippen LogP contribution in [0.3, 0.4) is 0 Å². The Balaban J connectivity index is 1.96. The number of nitrogens with zero attached hydrogens (tertiary/aromatic N) is 1. The van der Waals surface area contributed by atoms with E-state index in [1.807, 2.05) is 11.0 Å². The molecule has 20 heavy (non-hydrogen) atoms. The van der Waals surface area contributed by atoms with Crippen molar-refractivity contribution in [3.8, 4) is 5.75 Å². The van der Waals surface area contributed by atoms with E-state index in [-0.39, 0.29) is 5.91 Å². The first-order chi connectivity index (χ1) is 9.63. The first kappa shape index (κ1) is 14.9. The predicted octanol–water partition coefficient (Wildman–Crippen LogP) is 2.04. The molecule has 1 aromatic carbocycles. The maximum Gasteiger partial charge on any atom is 0.223 e. The molecule has 110 valence electrons. The molecule has 1 fully saturated rings. The third-order valence-corrected chi connectivity index (χ3v) is 3.92. The maximum atomic E-state index is 11.9. The van der Waals surface area contributed by atoms with Crippen LogP contribution in [0.15, 0.2) is 18.2 Å². The van der Waals surface area contributed by atoms with E-state index < -0.39 is 0 Å². The van der Waals surface area contributed by atoms with Gasteiger partial charge in [0.2, 0.25) is 5.91 Å². The lowest BCUT2D eigenvalue weighted by Gasteiger charge is -2.16. The van der Waals surface area contributed by atoms with Crippen molar-refractivity contribution < 1.29 is 14.3 Å². The van der Waals surface area contributed by atoms with Gasteiger partial charge in [0.15, 0.2) is 0 Å². The summed E-state index contributed by atoms with van der Waals surface area (Å²) in [5.74, 6) is 1.54. The van der Waals surface area contributed by atoms with E-state index in [0.29, 0.717) is 25.5 Å². The van der Waals surface area contributed by atoms with Crippen LogP contribution in [0.5, 0.6) is 5.75 Å². The van der Waals surface area contributed by atoms with Crippen molar-refractivity contribution in [2.75, 3.05) is 33.9 Å². The second-order valence-electron chi connectivity index (χ2n) is 5.40. The summed E-state index contributed by atoms with van der Waals surface area (Å²) in [4.78, 5) is 13.8. The summed E-state index contributed by atoms with van der Waals surface area (Å²) < 4.78 is 10.3. The molecule has 0 bridgehead atoms. The molecule has 0 saturated carbocycles. The first-order valence-corrected chi connectivity index (χ1v) is 7.04. The fraction of sp³-hybridized carbons (Fsp3) is 0.562. The molecule has 0 spiro atoms. The molecule has 4 nitrogen and oxygen atoms in total. The van der Waals surface area contributed by atoms with Crippen molar-refractivity contribution >= 4 is 5.91 Å². The third-order valence-electron chi connectivity index (χ3n) is 3.92. The SMILES string of the molecule is COCCN1C[C@H](Cc2ccc(OC)cc2C)CC1=O. The van der Waals surface area contributed by atoms with Crippen LogP contribution in [-0.4, -0.2) is 44.7 Å². The Morgan fingerprint density at radius 1 is 1.35 bits per heavy atom. The van der Waals surface area contributed by atoms with Crippen LogP contribution in [0.4, 0.5) is 0 Å². The van der Waals surface area contributed by atoms with Gasteiger partial charge in [-0.25, -0.2) is 0 Å². The standard InChI is InChI=1S/C16H23NO3/c1-12-8-15(20-3)5-4-14(12)9-13-10-16(18)17(11-13)6-7-19-2/h4-5,8,13H,6-7,9-11H2,1-3H3/t13-/m1/s1. The number of carbonyl (C=O) groups excluding carboxylic acids is 1. The van der Waals surface area contributed by atoms with Crippen LogP contribution in [-0.2, 0) is 16.0 Å². The predicted molar refractivity (Wildman–Crippen MR) is 78.0 cm³/mol. The van der Waals surface area contributed by atoms with E-state index in [4.69, 9.17) is 9.47 Å². The van der Waals surface area contributed by atoms with Gasteiger partial charge in [-0.1, -0.05) is 6.07 Å². The van der Waals surface area contributed by atoms with E-state index >= 15 is 0 Å². The normalized spacial score (nSPS) is 18.6. The molecule has 4 heteroatoms. The molecular weight excluding hydrogens is 254 g/mol. The Morgan fingerprint density at radius 3 is 2.80 bits per heavy atom. The lowest BCUT2D eigenvalue weighted by Crippen LogP contribution is -2.28. The fourth-order valence-corrected chi connectivity index (χ4v) is 2.74. The van der Waals surface area contributed by atoms with Gasteiger partial charge < -0.3 is 14.4 Å². The molecule has 0 unspecified atom stereocenters. The van der Waals surface area contributed by atoms with Crippen molar-refractivity contribution in [3.63, 3.8) is 0 Å². The van der Waals surface area contributed by atoms with E-state index in [9.17, 15) is 4.79 Å². The van der Waals surface area contributed by atoms with E-state index in [1.54, 1.807) is 14.2 Å².